The number of rotatable bonds is 8. The molecule has 0 saturated heterocycles. The predicted octanol–water partition coefficient (Wildman–Crippen LogP) is 4.42. The number of hydrogen-bond acceptors (Lipinski definition) is 5. The second kappa shape index (κ2) is 8.24. The minimum atomic E-state index is 0.253. The SMILES string of the molecule is Cc1cc(-c2cnc3c(NCCN(C)C)cc(Br)nn23)ccc1C(=O)CC1CC1. The van der Waals surface area contributed by atoms with Crippen molar-refractivity contribution in [1.82, 2.24) is 19.5 Å². The molecule has 1 fully saturated rings. The van der Waals surface area contributed by atoms with Crippen LogP contribution in [0.2, 0.25) is 0 Å². The van der Waals surface area contributed by atoms with Gasteiger partial charge in [-0.05, 0) is 73.4 Å². The second-order valence-corrected chi connectivity index (χ2v) is 8.90. The quantitative estimate of drug-likeness (QED) is 0.509. The number of aryl methyl sites for hydroxylation is 1. The van der Waals surface area contributed by atoms with E-state index in [0.717, 1.165) is 51.4 Å². The number of benzene rings is 1. The molecule has 0 unspecified atom stereocenters. The summed E-state index contributed by atoms with van der Waals surface area (Å²) in [6, 6.07) is 7.96. The fourth-order valence-corrected chi connectivity index (χ4v) is 3.90. The Hall–Kier alpha value is -2.25. The Morgan fingerprint density at radius 3 is 2.79 bits per heavy atom. The van der Waals surface area contributed by atoms with Crippen molar-refractivity contribution in [2.45, 2.75) is 26.2 Å². The van der Waals surface area contributed by atoms with Gasteiger partial charge in [-0.3, -0.25) is 4.79 Å². The fraction of sp³-hybridized carbons (Fsp3) is 0.409. The van der Waals surface area contributed by atoms with Crippen LogP contribution in [0.1, 0.15) is 35.2 Å². The van der Waals surface area contributed by atoms with Gasteiger partial charge in [-0.1, -0.05) is 12.1 Å². The van der Waals surface area contributed by atoms with Crippen molar-refractivity contribution in [3.63, 3.8) is 0 Å². The standard InChI is InChI=1S/C22H26BrN5O/c1-14-10-16(6-7-17(14)20(29)11-15-4-5-15)19-13-25-22-18(24-8-9-27(2)3)12-21(23)26-28(19)22/h6-7,10,12-13,15,24H,4-5,8-9,11H2,1-3H3. The molecule has 1 aliphatic rings. The minimum Gasteiger partial charge on any atom is -0.381 e. The van der Waals surface area contributed by atoms with Crippen molar-refractivity contribution in [2.24, 2.45) is 5.92 Å². The van der Waals surface area contributed by atoms with Crippen molar-refractivity contribution in [2.75, 3.05) is 32.5 Å². The van der Waals surface area contributed by atoms with Crippen LogP contribution < -0.4 is 5.32 Å². The van der Waals surface area contributed by atoms with Gasteiger partial charge in [0.25, 0.3) is 0 Å². The van der Waals surface area contributed by atoms with Gasteiger partial charge in [-0.15, -0.1) is 0 Å². The summed E-state index contributed by atoms with van der Waals surface area (Å²) >= 11 is 3.51. The predicted molar refractivity (Wildman–Crippen MR) is 120 cm³/mol. The van der Waals surface area contributed by atoms with Crippen LogP contribution in [0.25, 0.3) is 16.9 Å². The van der Waals surface area contributed by atoms with Crippen LogP contribution in [0.5, 0.6) is 0 Å². The van der Waals surface area contributed by atoms with Crippen LogP contribution in [-0.4, -0.2) is 52.5 Å². The summed E-state index contributed by atoms with van der Waals surface area (Å²) in [5.74, 6) is 0.850. The lowest BCUT2D eigenvalue weighted by Crippen LogP contribution is -2.21. The molecule has 1 aromatic carbocycles. The number of imidazole rings is 1. The summed E-state index contributed by atoms with van der Waals surface area (Å²) in [4.78, 5) is 19.3. The van der Waals surface area contributed by atoms with Crippen molar-refractivity contribution in [1.29, 1.82) is 0 Å². The monoisotopic (exact) mass is 455 g/mol. The Bertz CT molecular complexity index is 1050. The number of aromatic nitrogens is 3. The number of ketones is 1. The molecule has 2 heterocycles. The van der Waals surface area contributed by atoms with Gasteiger partial charge >= 0.3 is 0 Å². The zero-order valence-corrected chi connectivity index (χ0v) is 18.7. The average Bonchev–Trinajstić information content (AvgIpc) is 3.37. The summed E-state index contributed by atoms with van der Waals surface area (Å²) in [6.45, 7) is 3.75. The summed E-state index contributed by atoms with van der Waals surface area (Å²) in [5.41, 5.74) is 5.46. The van der Waals surface area contributed by atoms with E-state index in [4.69, 9.17) is 0 Å². The van der Waals surface area contributed by atoms with Gasteiger partial charge in [0.05, 0.1) is 17.6 Å². The van der Waals surface area contributed by atoms with E-state index < -0.39 is 0 Å². The zero-order chi connectivity index (χ0) is 20.5. The molecule has 152 valence electrons. The van der Waals surface area contributed by atoms with Gasteiger partial charge in [-0.2, -0.15) is 5.10 Å². The highest BCUT2D eigenvalue weighted by Gasteiger charge is 2.25. The molecule has 1 saturated carbocycles. The second-order valence-electron chi connectivity index (χ2n) is 8.09. The number of likely N-dealkylation sites (N-methyl/N-ethyl adjacent to an activating group) is 1. The smallest absolute Gasteiger partial charge is 0.177 e. The largest absolute Gasteiger partial charge is 0.381 e. The van der Waals surface area contributed by atoms with E-state index in [9.17, 15) is 4.79 Å². The van der Waals surface area contributed by atoms with Gasteiger partial charge in [-0.25, -0.2) is 9.50 Å². The first-order valence-electron chi connectivity index (χ1n) is 9.99. The summed E-state index contributed by atoms with van der Waals surface area (Å²) in [6.07, 6.45) is 4.89. The normalized spacial score (nSPS) is 14.0. The Labute approximate surface area is 179 Å². The van der Waals surface area contributed by atoms with Gasteiger partial charge < -0.3 is 10.2 Å². The van der Waals surface area contributed by atoms with E-state index in [1.54, 1.807) is 0 Å². The highest BCUT2D eigenvalue weighted by atomic mass is 79.9. The molecular weight excluding hydrogens is 430 g/mol. The van der Waals surface area contributed by atoms with Gasteiger partial charge in [0.1, 0.15) is 4.60 Å². The third-order valence-corrected chi connectivity index (χ3v) is 5.69. The Morgan fingerprint density at radius 1 is 1.31 bits per heavy atom. The van der Waals surface area contributed by atoms with E-state index in [-0.39, 0.29) is 5.78 Å². The molecule has 3 aromatic rings. The Balaban J connectivity index is 1.64. The first kappa shape index (κ1) is 20.0. The summed E-state index contributed by atoms with van der Waals surface area (Å²) in [5, 5.41) is 8.05. The third-order valence-electron chi connectivity index (χ3n) is 5.31. The van der Waals surface area contributed by atoms with E-state index >= 15 is 0 Å². The molecule has 4 rings (SSSR count). The number of carbonyl (C=O) groups is 1. The molecule has 0 spiro atoms. The molecule has 1 aliphatic carbocycles. The topological polar surface area (TPSA) is 62.5 Å². The Morgan fingerprint density at radius 2 is 2.10 bits per heavy atom. The first-order chi connectivity index (χ1) is 13.9. The van der Waals surface area contributed by atoms with Crippen molar-refractivity contribution in [3.8, 4) is 11.3 Å². The van der Waals surface area contributed by atoms with Crippen molar-refractivity contribution >= 4 is 33.0 Å². The molecule has 7 heteroatoms. The van der Waals surface area contributed by atoms with Crippen LogP contribution in [0, 0.1) is 12.8 Å². The number of halogens is 1. The van der Waals surface area contributed by atoms with Crippen LogP contribution in [0.4, 0.5) is 5.69 Å². The number of fused-ring (bicyclic) bond motifs is 1. The number of nitrogens with one attached hydrogen (secondary N) is 1. The average molecular weight is 456 g/mol. The summed E-state index contributed by atoms with van der Waals surface area (Å²) in [7, 11) is 4.10. The molecular formula is C22H26BrN5O. The number of anilines is 1. The number of nitrogens with zero attached hydrogens (tertiary/aromatic N) is 4. The minimum absolute atomic E-state index is 0.253. The molecule has 0 atom stereocenters. The summed E-state index contributed by atoms with van der Waals surface area (Å²) < 4.78 is 2.59. The number of Topliss-reactive ketones (excluding diaryl/α,β-unsaturated/α-hetero) is 1. The van der Waals surface area contributed by atoms with E-state index in [0.29, 0.717) is 12.3 Å². The third kappa shape index (κ3) is 4.51. The van der Waals surface area contributed by atoms with E-state index in [1.807, 2.05) is 35.8 Å². The van der Waals surface area contributed by atoms with Crippen LogP contribution >= 0.6 is 15.9 Å². The van der Waals surface area contributed by atoms with Gasteiger partial charge in [0.2, 0.25) is 0 Å². The van der Waals surface area contributed by atoms with Crippen molar-refractivity contribution < 1.29 is 4.79 Å². The van der Waals surface area contributed by atoms with E-state index in [1.165, 1.54) is 12.8 Å². The lowest BCUT2D eigenvalue weighted by molar-refractivity contribution is 0.0975. The lowest BCUT2D eigenvalue weighted by Gasteiger charge is -2.12. The van der Waals surface area contributed by atoms with Crippen LogP contribution in [-0.2, 0) is 0 Å². The molecule has 0 radical (unpaired) electrons. The highest BCUT2D eigenvalue weighted by Crippen LogP contribution is 2.34. The fourth-order valence-electron chi connectivity index (χ4n) is 3.51. The number of hydrogen-bond donors (Lipinski definition) is 1. The molecule has 0 bridgehead atoms. The van der Waals surface area contributed by atoms with Crippen LogP contribution in [0.3, 0.4) is 0 Å². The molecule has 0 amide bonds. The maximum absolute atomic E-state index is 12.5. The molecule has 2 aromatic heterocycles. The molecule has 0 aliphatic heterocycles. The van der Waals surface area contributed by atoms with E-state index in [2.05, 4.69) is 56.4 Å². The zero-order valence-electron chi connectivity index (χ0n) is 17.1. The molecule has 1 N–H and O–H groups in total. The van der Waals surface area contributed by atoms with Crippen molar-refractivity contribution in [3.05, 3.63) is 46.2 Å². The number of carbonyl (C=O) groups excluding carboxylic acids is 1. The maximum atomic E-state index is 12.5. The lowest BCUT2D eigenvalue weighted by atomic mass is 9.98. The molecule has 29 heavy (non-hydrogen) atoms. The highest BCUT2D eigenvalue weighted by molar-refractivity contribution is 9.10. The van der Waals surface area contributed by atoms with Crippen LogP contribution in [0.15, 0.2) is 35.1 Å². The first-order valence-corrected chi connectivity index (χ1v) is 10.8. The maximum Gasteiger partial charge on any atom is 0.177 e. The Kier molecular flexibility index (Phi) is 5.69. The molecule has 6 nitrogen and oxygen atoms in total. The van der Waals surface area contributed by atoms with Gasteiger partial charge in [0, 0.05) is 30.6 Å². The van der Waals surface area contributed by atoms with Gasteiger partial charge in [0.15, 0.2) is 11.4 Å².